The van der Waals surface area contributed by atoms with Crippen molar-refractivity contribution in [3.63, 3.8) is 0 Å². The van der Waals surface area contributed by atoms with Gasteiger partial charge in [0, 0.05) is 5.41 Å². The van der Waals surface area contributed by atoms with Gasteiger partial charge >= 0.3 is 5.97 Å². The minimum absolute atomic E-state index is 0.0105. The van der Waals surface area contributed by atoms with Gasteiger partial charge in [-0.1, -0.05) is 60.1 Å². The molecule has 0 amide bonds. The number of hydrogen-bond acceptors (Lipinski definition) is 4. The number of Topliss-reactive ketones (excluding diaryl/α,β-unsaturated/α-hetero) is 1. The number of rotatable bonds is 2. The molecule has 1 aromatic heterocycles. The zero-order chi connectivity index (χ0) is 28.9. The predicted octanol–water partition coefficient (Wildman–Crippen LogP) is 8.82. The summed E-state index contributed by atoms with van der Waals surface area (Å²) in [6.45, 7) is 16.8. The molecule has 7 atom stereocenters. The van der Waals surface area contributed by atoms with Gasteiger partial charge in [-0.3, -0.25) is 9.59 Å². The first-order chi connectivity index (χ1) is 18.6. The van der Waals surface area contributed by atoms with Crippen LogP contribution in [0.3, 0.4) is 0 Å². The zero-order valence-electron chi connectivity index (χ0n) is 26.1. The van der Waals surface area contributed by atoms with E-state index in [2.05, 4.69) is 54.5 Å². The van der Waals surface area contributed by atoms with E-state index in [-0.39, 0.29) is 44.7 Å². The average Bonchev–Trinajstić information content (AvgIpc) is 3.40. The molecule has 0 unspecified atom stereocenters. The number of esters is 1. The third-order valence-electron chi connectivity index (χ3n) is 13.7. The number of furan rings is 1. The van der Waals surface area contributed by atoms with E-state index in [9.17, 15) is 9.59 Å². The molecule has 4 heteroatoms. The maximum absolute atomic E-state index is 13.9. The minimum Gasteiger partial charge on any atom is -0.469 e. The summed E-state index contributed by atoms with van der Waals surface area (Å²) in [4.78, 5) is 27.4. The Hall–Kier alpha value is -2.10. The molecule has 5 aliphatic rings. The van der Waals surface area contributed by atoms with E-state index >= 15 is 0 Å². The Labute approximate surface area is 241 Å². The zero-order valence-corrected chi connectivity index (χ0v) is 26.1. The molecule has 4 saturated carbocycles. The summed E-state index contributed by atoms with van der Waals surface area (Å²) in [5.41, 5.74) is 2.07. The normalized spacial score (nSPS) is 44.5. The molecule has 4 fully saturated rings. The molecule has 1 heterocycles. The van der Waals surface area contributed by atoms with Crippen LogP contribution < -0.4 is 0 Å². The summed E-state index contributed by atoms with van der Waals surface area (Å²) in [6.07, 6.45) is 15.4. The van der Waals surface area contributed by atoms with E-state index in [1.165, 1.54) is 0 Å². The first kappa shape index (κ1) is 28.0. The van der Waals surface area contributed by atoms with Crippen molar-refractivity contribution in [3.05, 3.63) is 41.4 Å². The fourth-order valence-electron chi connectivity index (χ4n) is 11.3. The first-order valence-electron chi connectivity index (χ1n) is 15.7. The lowest BCUT2D eigenvalue weighted by molar-refractivity contribution is -0.185. The van der Waals surface area contributed by atoms with Gasteiger partial charge in [0.25, 0.3) is 0 Å². The van der Waals surface area contributed by atoms with Crippen LogP contribution in [0.5, 0.6) is 0 Å². The quantitative estimate of drug-likeness (QED) is 0.211. The summed E-state index contributed by atoms with van der Waals surface area (Å²) in [5, 5.41) is 0. The van der Waals surface area contributed by atoms with Crippen molar-refractivity contribution in [2.75, 3.05) is 7.11 Å². The highest BCUT2D eigenvalue weighted by atomic mass is 16.5. The molecule has 0 spiro atoms. The van der Waals surface area contributed by atoms with Gasteiger partial charge in [-0.2, -0.15) is 0 Å². The largest absolute Gasteiger partial charge is 0.469 e. The molecular weight excluding hydrogens is 496 g/mol. The lowest BCUT2D eigenvalue weighted by Crippen LogP contribution is -2.65. The van der Waals surface area contributed by atoms with Crippen LogP contribution in [0.25, 0.3) is 6.08 Å². The molecule has 6 rings (SSSR count). The summed E-state index contributed by atoms with van der Waals surface area (Å²) >= 11 is 0. The Morgan fingerprint density at radius 1 is 1.00 bits per heavy atom. The number of allylic oxidation sites excluding steroid dienone is 3. The number of fused-ring (bicyclic) bond motifs is 7. The van der Waals surface area contributed by atoms with Crippen LogP contribution in [-0.2, 0) is 14.3 Å². The van der Waals surface area contributed by atoms with E-state index in [1.807, 2.05) is 18.2 Å². The van der Waals surface area contributed by atoms with Gasteiger partial charge in [-0.15, -0.1) is 0 Å². The average molecular weight is 547 g/mol. The van der Waals surface area contributed by atoms with Crippen molar-refractivity contribution in [1.82, 2.24) is 0 Å². The summed E-state index contributed by atoms with van der Waals surface area (Å²) in [5.74, 6) is 2.15. The minimum atomic E-state index is -0.405. The number of hydrogen-bond donors (Lipinski definition) is 0. The van der Waals surface area contributed by atoms with Crippen LogP contribution in [0, 0.1) is 50.2 Å². The van der Waals surface area contributed by atoms with Crippen LogP contribution in [0.1, 0.15) is 112 Å². The third kappa shape index (κ3) is 3.56. The predicted molar refractivity (Wildman–Crippen MR) is 158 cm³/mol. The van der Waals surface area contributed by atoms with Gasteiger partial charge < -0.3 is 9.15 Å². The fourth-order valence-corrected chi connectivity index (χ4v) is 11.3. The number of methoxy groups -OCH3 is 1. The Bertz CT molecular complexity index is 1280. The molecule has 0 saturated heterocycles. The highest BCUT2D eigenvalue weighted by Crippen LogP contribution is 2.75. The lowest BCUT2D eigenvalue weighted by atomic mass is 9.33. The Kier molecular flexibility index (Phi) is 6.10. The van der Waals surface area contributed by atoms with Gasteiger partial charge in [0.15, 0.2) is 5.78 Å². The topological polar surface area (TPSA) is 56.5 Å². The molecule has 0 aromatic carbocycles. The van der Waals surface area contributed by atoms with Crippen LogP contribution in [-0.4, -0.2) is 18.9 Å². The first-order valence-corrected chi connectivity index (χ1v) is 15.7. The van der Waals surface area contributed by atoms with Crippen LogP contribution in [0.4, 0.5) is 0 Å². The highest BCUT2D eigenvalue weighted by molar-refractivity contribution is 6.04. The molecular formula is C36H50O4. The second-order valence-corrected chi connectivity index (χ2v) is 16.3. The maximum Gasteiger partial charge on any atom is 0.312 e. The molecule has 5 aliphatic carbocycles. The van der Waals surface area contributed by atoms with Crippen LogP contribution >= 0.6 is 0 Å². The van der Waals surface area contributed by atoms with E-state index in [1.54, 1.807) is 18.9 Å². The molecule has 0 radical (unpaired) electrons. The van der Waals surface area contributed by atoms with Gasteiger partial charge in [-0.25, -0.2) is 0 Å². The smallest absolute Gasteiger partial charge is 0.312 e. The molecule has 40 heavy (non-hydrogen) atoms. The van der Waals surface area contributed by atoms with E-state index < -0.39 is 5.41 Å². The fraction of sp³-hybridized carbons (Fsp3) is 0.722. The third-order valence-corrected chi connectivity index (χ3v) is 13.7. The Morgan fingerprint density at radius 2 is 1.73 bits per heavy atom. The summed E-state index contributed by atoms with van der Waals surface area (Å²) < 4.78 is 11.2. The number of carbonyl (C=O) groups excluding carboxylic acids is 2. The monoisotopic (exact) mass is 546 g/mol. The second-order valence-electron chi connectivity index (χ2n) is 16.3. The van der Waals surface area contributed by atoms with Crippen molar-refractivity contribution >= 4 is 17.8 Å². The number of ether oxygens (including phenoxy) is 1. The molecule has 218 valence electrons. The lowest BCUT2D eigenvalue weighted by Gasteiger charge is -2.70. The second kappa shape index (κ2) is 8.71. The van der Waals surface area contributed by atoms with Gasteiger partial charge in [0.1, 0.15) is 5.76 Å². The molecule has 0 bridgehead atoms. The van der Waals surface area contributed by atoms with E-state index in [4.69, 9.17) is 9.15 Å². The van der Waals surface area contributed by atoms with Crippen molar-refractivity contribution in [2.24, 2.45) is 50.2 Å². The van der Waals surface area contributed by atoms with Gasteiger partial charge in [-0.05, 0) is 121 Å². The number of ketones is 1. The molecule has 0 N–H and O–H groups in total. The Balaban J connectivity index is 1.45. The van der Waals surface area contributed by atoms with E-state index in [0.717, 1.165) is 69.1 Å². The molecule has 1 aromatic rings. The van der Waals surface area contributed by atoms with E-state index in [0.29, 0.717) is 11.8 Å². The highest BCUT2D eigenvalue weighted by Gasteiger charge is 2.69. The van der Waals surface area contributed by atoms with Crippen LogP contribution in [0.2, 0.25) is 0 Å². The van der Waals surface area contributed by atoms with Crippen molar-refractivity contribution in [3.8, 4) is 0 Å². The van der Waals surface area contributed by atoms with Crippen molar-refractivity contribution in [2.45, 2.75) is 106 Å². The van der Waals surface area contributed by atoms with Crippen molar-refractivity contribution < 1.29 is 18.7 Å². The summed E-state index contributed by atoms with van der Waals surface area (Å²) in [7, 11) is 1.58. The number of carbonyl (C=O) groups is 2. The Morgan fingerprint density at radius 3 is 2.40 bits per heavy atom. The molecule has 0 aliphatic heterocycles. The molecule has 4 nitrogen and oxygen atoms in total. The van der Waals surface area contributed by atoms with Crippen molar-refractivity contribution in [1.29, 1.82) is 0 Å². The van der Waals surface area contributed by atoms with Gasteiger partial charge in [0.2, 0.25) is 0 Å². The SMILES string of the molecule is COC(=O)[C@]12CCC(C)(C)C[C@H]1C1=CC[C@@H]3[C@@]4(C)C/C(=C/c5ccco5)C(=O)C(C)(C)[C@@H]4CC[C@@]3(C)[C@]1(C)CC2. The standard InChI is InChI=1S/C36H50O4/c1-31(2)15-17-36(30(38)39-8)18-16-34(6)25(26(36)22-31)11-12-28-33(5)21-23(20-24-10-9-19-40-24)29(37)32(3,4)27(33)13-14-35(28,34)7/h9-11,19-20,26-28H,12-18,21-22H2,1-8H3/b23-20-/t26-,27-,28+,33-,34+,35+,36-/m0/s1. The summed E-state index contributed by atoms with van der Waals surface area (Å²) in [6, 6.07) is 3.84. The maximum atomic E-state index is 13.9. The van der Waals surface area contributed by atoms with Gasteiger partial charge in [0.05, 0.1) is 18.8 Å². The van der Waals surface area contributed by atoms with Crippen LogP contribution in [0.15, 0.2) is 40.0 Å².